The van der Waals surface area contributed by atoms with Crippen LogP contribution < -0.4 is 20.5 Å². The lowest BCUT2D eigenvalue weighted by Crippen LogP contribution is -2.50. The lowest BCUT2D eigenvalue weighted by molar-refractivity contribution is -0.123. The highest BCUT2D eigenvalue weighted by Gasteiger charge is 2.49. The fourth-order valence-corrected chi connectivity index (χ4v) is 6.29. The Bertz CT molecular complexity index is 1860. The number of aryl methyl sites for hydroxylation is 1. The monoisotopic (exact) mass is 630 g/mol. The third kappa shape index (κ3) is 5.07. The molecule has 3 N–H and O–H groups in total. The Morgan fingerprint density at radius 2 is 1.93 bits per heavy atom. The molecular weight excluding hydrogens is 599 g/mol. The number of carbonyl (C=O) groups is 3. The van der Waals surface area contributed by atoms with Crippen LogP contribution in [0, 0.1) is 18.7 Å². The van der Waals surface area contributed by atoms with Gasteiger partial charge in [-0.05, 0) is 81.1 Å². The fraction of sp³-hybridized carbons (Fsp3) is 0.324. The molecule has 2 atom stereocenters. The third-order valence-corrected chi connectivity index (χ3v) is 9.67. The van der Waals surface area contributed by atoms with E-state index in [9.17, 15) is 18.8 Å². The molecule has 1 aliphatic carbocycles. The standard InChI is InChI=1S/C34H32ClFN4O5/c1-18-25(35)12-20-11-21(13-26(44-3)28(20)39-18)31(42)38-15-34(16-41,22-5-4-6-22)27-14-24-30(45-17-33(24,2)32(37)43)29(40-27)19-7-9-23(36)10-8-19/h7-14,16,22H,4-6,15,17H2,1-3H3,(H2,37,43)(H,38,42)/t33-,34+/m0/s1. The summed E-state index contributed by atoms with van der Waals surface area (Å²) in [5, 5.41) is 4.05. The molecule has 0 spiro atoms. The molecule has 1 aliphatic heterocycles. The van der Waals surface area contributed by atoms with Crippen LogP contribution in [0.15, 0.2) is 48.5 Å². The van der Waals surface area contributed by atoms with Gasteiger partial charge < -0.3 is 25.3 Å². The number of nitrogens with zero attached hydrogens (tertiary/aromatic N) is 2. The SMILES string of the molecule is COc1cc(C(=O)NC[C@](C=O)(c2cc3c(c(-c4ccc(F)cc4)n2)OC[C@]3(C)C(N)=O)C2CCC2)cc2cc(Cl)c(C)nc12. The fourth-order valence-electron chi connectivity index (χ4n) is 6.13. The first-order chi connectivity index (χ1) is 21.5. The van der Waals surface area contributed by atoms with Crippen molar-refractivity contribution in [2.24, 2.45) is 11.7 Å². The maximum Gasteiger partial charge on any atom is 0.251 e. The van der Waals surface area contributed by atoms with Crippen LogP contribution in [0.1, 0.15) is 53.5 Å². The number of methoxy groups -OCH3 is 1. The highest BCUT2D eigenvalue weighted by Crippen LogP contribution is 2.49. The Labute approximate surface area is 264 Å². The zero-order chi connectivity index (χ0) is 32.1. The summed E-state index contributed by atoms with van der Waals surface area (Å²) in [6, 6.07) is 12.4. The number of primary amides is 1. The van der Waals surface area contributed by atoms with E-state index in [-0.39, 0.29) is 19.1 Å². The second kappa shape index (κ2) is 11.4. The summed E-state index contributed by atoms with van der Waals surface area (Å²) in [6.45, 7) is 3.40. The van der Waals surface area contributed by atoms with Crippen molar-refractivity contribution in [3.8, 4) is 22.8 Å². The van der Waals surface area contributed by atoms with Gasteiger partial charge in [-0.3, -0.25) is 9.59 Å². The lowest BCUT2D eigenvalue weighted by Gasteiger charge is -2.41. The van der Waals surface area contributed by atoms with Crippen LogP contribution >= 0.6 is 11.6 Å². The number of nitrogens with two attached hydrogens (primary N) is 1. The lowest BCUT2D eigenvalue weighted by atomic mass is 9.63. The minimum atomic E-state index is -1.23. The van der Waals surface area contributed by atoms with E-state index < -0.39 is 28.5 Å². The van der Waals surface area contributed by atoms with E-state index in [1.54, 1.807) is 50.2 Å². The van der Waals surface area contributed by atoms with E-state index >= 15 is 0 Å². The first-order valence-corrected chi connectivity index (χ1v) is 15.0. The van der Waals surface area contributed by atoms with Gasteiger partial charge >= 0.3 is 0 Å². The average Bonchev–Trinajstić information content (AvgIpc) is 3.36. The molecule has 2 aromatic heterocycles. The summed E-state index contributed by atoms with van der Waals surface area (Å²) in [5.74, 6) is -0.800. The smallest absolute Gasteiger partial charge is 0.251 e. The topological polar surface area (TPSA) is 134 Å². The maximum absolute atomic E-state index is 13.9. The number of amides is 2. The molecule has 232 valence electrons. The molecule has 2 aliphatic rings. The van der Waals surface area contributed by atoms with Gasteiger partial charge in [-0.1, -0.05) is 18.0 Å². The Hall–Kier alpha value is -4.57. The molecule has 1 saturated carbocycles. The molecule has 11 heteroatoms. The number of hydrogen-bond acceptors (Lipinski definition) is 7. The van der Waals surface area contributed by atoms with E-state index in [2.05, 4.69) is 10.3 Å². The molecule has 0 radical (unpaired) electrons. The van der Waals surface area contributed by atoms with Crippen molar-refractivity contribution in [3.05, 3.63) is 81.9 Å². The number of hydrogen-bond donors (Lipinski definition) is 2. The van der Waals surface area contributed by atoms with E-state index in [1.165, 1.54) is 19.2 Å². The van der Waals surface area contributed by atoms with Crippen LogP contribution in [0.2, 0.25) is 5.02 Å². The number of rotatable bonds is 9. The second-order valence-electron chi connectivity index (χ2n) is 12.0. The molecule has 9 nitrogen and oxygen atoms in total. The van der Waals surface area contributed by atoms with Crippen LogP contribution in [0.4, 0.5) is 4.39 Å². The van der Waals surface area contributed by atoms with Crippen molar-refractivity contribution < 1.29 is 28.2 Å². The molecule has 2 amide bonds. The molecule has 45 heavy (non-hydrogen) atoms. The predicted molar refractivity (Wildman–Crippen MR) is 167 cm³/mol. The zero-order valence-electron chi connectivity index (χ0n) is 25.1. The number of ether oxygens (including phenoxy) is 2. The quantitative estimate of drug-likeness (QED) is 0.243. The maximum atomic E-state index is 13.9. The van der Waals surface area contributed by atoms with Gasteiger partial charge in [-0.15, -0.1) is 0 Å². The summed E-state index contributed by atoms with van der Waals surface area (Å²) in [6.07, 6.45) is 3.25. The predicted octanol–water partition coefficient (Wildman–Crippen LogP) is 5.21. The molecule has 2 aromatic carbocycles. The number of benzene rings is 2. The number of pyridine rings is 2. The summed E-state index contributed by atoms with van der Waals surface area (Å²) >= 11 is 6.32. The first kappa shape index (κ1) is 30.5. The number of halogens is 2. The summed E-state index contributed by atoms with van der Waals surface area (Å²) < 4.78 is 25.4. The van der Waals surface area contributed by atoms with E-state index in [0.29, 0.717) is 61.2 Å². The largest absolute Gasteiger partial charge is 0.494 e. The van der Waals surface area contributed by atoms with Gasteiger partial charge in [-0.25, -0.2) is 14.4 Å². The van der Waals surface area contributed by atoms with Crippen LogP contribution in [0.5, 0.6) is 11.5 Å². The van der Waals surface area contributed by atoms with Crippen molar-refractivity contribution >= 4 is 40.6 Å². The molecule has 0 bridgehead atoms. The Morgan fingerprint density at radius 3 is 2.56 bits per heavy atom. The minimum absolute atomic E-state index is 0.00650. The highest BCUT2D eigenvalue weighted by atomic mass is 35.5. The number of aldehydes is 1. The van der Waals surface area contributed by atoms with Crippen LogP contribution in [0.25, 0.3) is 22.2 Å². The van der Waals surface area contributed by atoms with Crippen molar-refractivity contribution in [1.29, 1.82) is 0 Å². The van der Waals surface area contributed by atoms with E-state index in [1.807, 2.05) is 0 Å². The molecule has 0 saturated heterocycles. The highest BCUT2D eigenvalue weighted by molar-refractivity contribution is 6.31. The number of nitrogens with one attached hydrogen (secondary N) is 1. The number of fused-ring (bicyclic) bond motifs is 2. The second-order valence-corrected chi connectivity index (χ2v) is 12.4. The molecular formula is C34H32ClFN4O5. The third-order valence-electron chi connectivity index (χ3n) is 9.29. The van der Waals surface area contributed by atoms with Gasteiger partial charge in [0.1, 0.15) is 46.8 Å². The Kier molecular flexibility index (Phi) is 7.72. The van der Waals surface area contributed by atoms with Gasteiger partial charge in [0.05, 0.1) is 28.9 Å². The van der Waals surface area contributed by atoms with Crippen molar-refractivity contribution in [2.75, 3.05) is 20.3 Å². The number of aromatic nitrogens is 2. The Balaban J connectivity index is 1.44. The molecule has 0 unspecified atom stereocenters. The van der Waals surface area contributed by atoms with Crippen molar-refractivity contribution in [3.63, 3.8) is 0 Å². The summed E-state index contributed by atoms with van der Waals surface area (Å²) in [7, 11) is 1.50. The molecule has 3 heterocycles. The van der Waals surface area contributed by atoms with E-state index in [0.717, 1.165) is 25.5 Å². The van der Waals surface area contributed by atoms with Crippen LogP contribution in [-0.4, -0.2) is 48.3 Å². The zero-order valence-corrected chi connectivity index (χ0v) is 25.8. The van der Waals surface area contributed by atoms with Crippen LogP contribution in [0.3, 0.4) is 0 Å². The van der Waals surface area contributed by atoms with Crippen molar-refractivity contribution in [1.82, 2.24) is 15.3 Å². The molecule has 6 rings (SSSR count). The first-order valence-electron chi connectivity index (χ1n) is 14.6. The van der Waals surface area contributed by atoms with Gasteiger partial charge in [0.25, 0.3) is 5.91 Å². The minimum Gasteiger partial charge on any atom is -0.494 e. The normalized spacial score (nSPS) is 18.8. The average molecular weight is 631 g/mol. The number of carbonyl (C=O) groups excluding carboxylic acids is 3. The summed E-state index contributed by atoms with van der Waals surface area (Å²) in [4.78, 5) is 49.0. The van der Waals surface area contributed by atoms with Gasteiger partial charge in [0.2, 0.25) is 5.91 Å². The van der Waals surface area contributed by atoms with Gasteiger partial charge in [0, 0.05) is 28.6 Å². The molecule has 1 fully saturated rings. The van der Waals surface area contributed by atoms with Crippen molar-refractivity contribution in [2.45, 2.75) is 43.9 Å². The van der Waals surface area contributed by atoms with Crippen LogP contribution in [-0.2, 0) is 20.4 Å². The van der Waals surface area contributed by atoms with Gasteiger partial charge in [-0.2, -0.15) is 0 Å². The summed E-state index contributed by atoms with van der Waals surface area (Å²) in [5.41, 5.74) is 6.72. The molecule has 4 aromatic rings. The Morgan fingerprint density at radius 1 is 1.20 bits per heavy atom. The van der Waals surface area contributed by atoms with Gasteiger partial charge in [0.15, 0.2) is 0 Å². The van der Waals surface area contributed by atoms with E-state index in [4.69, 9.17) is 31.8 Å².